The van der Waals surface area contributed by atoms with Crippen LogP contribution in [0.4, 0.5) is 0 Å². The summed E-state index contributed by atoms with van der Waals surface area (Å²) in [5.41, 5.74) is 2.39. The molecule has 1 amide bonds. The van der Waals surface area contributed by atoms with E-state index in [1.807, 2.05) is 19.9 Å². The summed E-state index contributed by atoms with van der Waals surface area (Å²) in [7, 11) is 0. The van der Waals surface area contributed by atoms with Crippen molar-refractivity contribution in [3.05, 3.63) is 34.9 Å². The first kappa shape index (κ1) is 13.3. The van der Waals surface area contributed by atoms with Gasteiger partial charge in [-0.15, -0.1) is 0 Å². The van der Waals surface area contributed by atoms with Gasteiger partial charge in [0, 0.05) is 0 Å². The van der Waals surface area contributed by atoms with Crippen LogP contribution in [0.1, 0.15) is 29.2 Å². The molecule has 5 heteroatoms. The second-order valence-corrected chi connectivity index (χ2v) is 4.90. The molecule has 5 nitrogen and oxygen atoms in total. The molecule has 19 heavy (non-hydrogen) atoms. The molecule has 0 spiro atoms. The molecule has 1 saturated heterocycles. The Labute approximate surface area is 110 Å². The average Bonchev–Trinajstić information content (AvgIpc) is 2.56. The first-order valence-electron chi connectivity index (χ1n) is 6.00. The topological polar surface area (TPSA) is 74.7 Å². The van der Waals surface area contributed by atoms with E-state index in [2.05, 4.69) is 0 Å². The van der Waals surface area contributed by atoms with Gasteiger partial charge in [-0.2, -0.15) is 0 Å². The van der Waals surface area contributed by atoms with E-state index in [4.69, 9.17) is 0 Å². The highest BCUT2D eigenvalue weighted by Crippen LogP contribution is 2.26. The van der Waals surface area contributed by atoms with Crippen molar-refractivity contribution in [3.8, 4) is 0 Å². The number of hydrogen-bond donors (Lipinski definition) is 1. The van der Waals surface area contributed by atoms with Crippen LogP contribution in [0.2, 0.25) is 0 Å². The highest BCUT2D eigenvalue weighted by Gasteiger charge is 2.37. The van der Waals surface area contributed by atoms with E-state index in [1.165, 1.54) is 0 Å². The minimum absolute atomic E-state index is 0.122. The smallest absolute Gasteiger partial charge is 0.331 e. The van der Waals surface area contributed by atoms with E-state index in [0.717, 1.165) is 16.0 Å². The number of hydrogen-bond acceptors (Lipinski definition) is 3. The summed E-state index contributed by atoms with van der Waals surface area (Å²) in [6, 6.07) is 4.32. The molecule has 0 radical (unpaired) electrons. The minimum Gasteiger partial charge on any atom is -0.479 e. The number of carboxylic acids is 1. The van der Waals surface area contributed by atoms with Crippen LogP contribution in [0.5, 0.6) is 0 Å². The molecule has 1 N–H and O–H groups in total. The number of carbonyl (C=O) groups is 3. The number of nitrogens with zero attached hydrogens (tertiary/aromatic N) is 1. The van der Waals surface area contributed by atoms with E-state index < -0.39 is 17.9 Å². The van der Waals surface area contributed by atoms with E-state index >= 15 is 0 Å². The summed E-state index contributed by atoms with van der Waals surface area (Å²) < 4.78 is 0. The fourth-order valence-electron chi connectivity index (χ4n) is 2.46. The van der Waals surface area contributed by atoms with Gasteiger partial charge in [0.25, 0.3) is 0 Å². The van der Waals surface area contributed by atoms with E-state index in [0.29, 0.717) is 5.56 Å². The van der Waals surface area contributed by atoms with Gasteiger partial charge in [-0.1, -0.05) is 29.3 Å². The number of rotatable bonds is 3. The first-order valence-corrected chi connectivity index (χ1v) is 6.00. The average molecular weight is 261 g/mol. The number of aliphatic carboxylic acids is 1. The van der Waals surface area contributed by atoms with Crippen LogP contribution in [-0.2, 0) is 14.4 Å². The van der Waals surface area contributed by atoms with Gasteiger partial charge in [-0.3, -0.25) is 9.59 Å². The molecule has 1 unspecified atom stereocenters. The Morgan fingerprint density at radius 1 is 1.21 bits per heavy atom. The highest BCUT2D eigenvalue weighted by molar-refractivity contribution is 6.06. The van der Waals surface area contributed by atoms with Crippen LogP contribution >= 0.6 is 0 Å². The molecular weight excluding hydrogens is 246 g/mol. The summed E-state index contributed by atoms with van der Waals surface area (Å²) in [5.74, 6) is -1.77. The van der Waals surface area contributed by atoms with Crippen molar-refractivity contribution in [3.63, 3.8) is 0 Å². The van der Waals surface area contributed by atoms with Crippen LogP contribution in [-0.4, -0.2) is 34.2 Å². The molecule has 1 heterocycles. The van der Waals surface area contributed by atoms with Crippen molar-refractivity contribution in [2.45, 2.75) is 26.3 Å². The molecule has 1 aromatic rings. The standard InChI is InChI=1S/C14H15NO4/c1-8-3-9(2)5-10(4-8)13(14(18)19)15-7-11(16)6-12(15)17/h3-5,13H,6-7H2,1-2H3,(H,18,19). The molecule has 0 aromatic heterocycles. The Kier molecular flexibility index (Phi) is 3.38. The molecule has 0 aliphatic carbocycles. The second-order valence-electron chi connectivity index (χ2n) is 4.90. The van der Waals surface area contributed by atoms with Crippen LogP contribution in [0.3, 0.4) is 0 Å². The number of benzene rings is 1. The van der Waals surface area contributed by atoms with Crippen molar-refractivity contribution in [1.82, 2.24) is 4.90 Å². The summed E-state index contributed by atoms with van der Waals surface area (Å²) in [6.07, 6.45) is -0.200. The summed E-state index contributed by atoms with van der Waals surface area (Å²) in [6.45, 7) is 3.61. The highest BCUT2D eigenvalue weighted by atomic mass is 16.4. The fourth-order valence-corrected chi connectivity index (χ4v) is 2.46. The van der Waals surface area contributed by atoms with Gasteiger partial charge in [0.2, 0.25) is 5.91 Å². The molecule has 100 valence electrons. The number of likely N-dealkylation sites (tertiary alicyclic amines) is 1. The molecule has 1 aliphatic rings. The maximum atomic E-state index is 11.7. The Bertz CT molecular complexity index is 544. The van der Waals surface area contributed by atoms with E-state index in [9.17, 15) is 19.5 Å². The van der Waals surface area contributed by atoms with Gasteiger partial charge in [-0.05, 0) is 19.4 Å². The van der Waals surface area contributed by atoms with Crippen LogP contribution in [0.25, 0.3) is 0 Å². The second kappa shape index (κ2) is 4.84. The molecular formula is C14H15NO4. The third-order valence-electron chi connectivity index (χ3n) is 3.12. The minimum atomic E-state index is -1.12. The van der Waals surface area contributed by atoms with Gasteiger partial charge in [0.1, 0.15) is 0 Å². The van der Waals surface area contributed by atoms with Gasteiger partial charge < -0.3 is 10.0 Å². The number of carbonyl (C=O) groups excluding carboxylic acids is 2. The normalized spacial score (nSPS) is 16.8. The monoisotopic (exact) mass is 261 g/mol. The number of carboxylic acid groups (broad SMARTS) is 1. The summed E-state index contributed by atoms with van der Waals surface area (Å²) in [5, 5.41) is 9.37. The van der Waals surface area contributed by atoms with Gasteiger partial charge in [0.05, 0.1) is 13.0 Å². The SMILES string of the molecule is Cc1cc(C)cc(C(C(=O)O)N2CC(=O)CC2=O)c1. The van der Waals surface area contributed by atoms with Gasteiger partial charge in [0.15, 0.2) is 11.8 Å². The van der Waals surface area contributed by atoms with Crippen molar-refractivity contribution < 1.29 is 19.5 Å². The summed E-state index contributed by atoms with van der Waals surface area (Å²) in [4.78, 5) is 35.6. The number of ketones is 1. The zero-order chi connectivity index (χ0) is 14.2. The maximum Gasteiger partial charge on any atom is 0.331 e. The molecule has 1 aliphatic heterocycles. The zero-order valence-corrected chi connectivity index (χ0v) is 10.8. The Balaban J connectivity index is 2.43. The number of amides is 1. The molecule has 1 fully saturated rings. The first-order chi connectivity index (χ1) is 8.88. The lowest BCUT2D eigenvalue weighted by Crippen LogP contribution is -2.35. The molecule has 0 saturated carbocycles. The van der Waals surface area contributed by atoms with Crippen LogP contribution in [0, 0.1) is 13.8 Å². The van der Waals surface area contributed by atoms with E-state index in [-0.39, 0.29) is 18.7 Å². The van der Waals surface area contributed by atoms with Crippen molar-refractivity contribution >= 4 is 17.7 Å². The number of aryl methyl sites for hydroxylation is 2. The molecule has 2 rings (SSSR count). The van der Waals surface area contributed by atoms with Crippen molar-refractivity contribution in [2.75, 3.05) is 6.54 Å². The van der Waals surface area contributed by atoms with Gasteiger partial charge >= 0.3 is 5.97 Å². The predicted octanol–water partition coefficient (Wildman–Crippen LogP) is 1.23. The van der Waals surface area contributed by atoms with Crippen LogP contribution < -0.4 is 0 Å². The molecule has 1 aromatic carbocycles. The fraction of sp³-hybridized carbons (Fsp3) is 0.357. The third kappa shape index (κ3) is 2.65. The Morgan fingerprint density at radius 2 is 1.79 bits per heavy atom. The largest absolute Gasteiger partial charge is 0.479 e. The lowest BCUT2D eigenvalue weighted by Gasteiger charge is -2.24. The molecule has 1 atom stereocenters. The lowest BCUT2D eigenvalue weighted by atomic mass is 10.0. The maximum absolute atomic E-state index is 11.7. The predicted molar refractivity (Wildman–Crippen MR) is 67.6 cm³/mol. The Hall–Kier alpha value is -2.17. The number of Topliss-reactive ketones (excluding diaryl/α,β-unsaturated/α-hetero) is 1. The lowest BCUT2D eigenvalue weighted by molar-refractivity contribution is -0.148. The van der Waals surface area contributed by atoms with Crippen molar-refractivity contribution in [1.29, 1.82) is 0 Å². The zero-order valence-electron chi connectivity index (χ0n) is 10.8. The van der Waals surface area contributed by atoms with Gasteiger partial charge in [-0.25, -0.2) is 4.79 Å². The molecule has 0 bridgehead atoms. The Morgan fingerprint density at radius 3 is 2.21 bits per heavy atom. The third-order valence-corrected chi connectivity index (χ3v) is 3.12. The van der Waals surface area contributed by atoms with E-state index in [1.54, 1.807) is 12.1 Å². The summed E-state index contributed by atoms with van der Waals surface area (Å²) >= 11 is 0. The van der Waals surface area contributed by atoms with Crippen LogP contribution in [0.15, 0.2) is 18.2 Å². The van der Waals surface area contributed by atoms with Crippen molar-refractivity contribution in [2.24, 2.45) is 0 Å². The quantitative estimate of drug-likeness (QED) is 0.830.